The van der Waals surface area contributed by atoms with Crippen LogP contribution in [0.25, 0.3) is 11.3 Å². The number of imidazole rings is 1. The summed E-state index contributed by atoms with van der Waals surface area (Å²) >= 11 is 0. The predicted octanol–water partition coefficient (Wildman–Crippen LogP) is 2.09. The number of anilines is 1. The lowest BCUT2D eigenvalue weighted by atomic mass is 10.1. The van der Waals surface area contributed by atoms with Crippen LogP contribution in [-0.4, -0.2) is 9.97 Å². The van der Waals surface area contributed by atoms with E-state index in [0.29, 0.717) is 0 Å². The van der Waals surface area contributed by atoms with E-state index in [1.54, 1.807) is 0 Å². The molecule has 0 fully saturated rings. The zero-order valence-corrected chi connectivity index (χ0v) is 9.14. The lowest BCUT2D eigenvalue weighted by Gasteiger charge is -2.00. The third kappa shape index (κ3) is 2.49. The second kappa shape index (κ2) is 4.82. The van der Waals surface area contributed by atoms with Gasteiger partial charge in [-0.2, -0.15) is 0 Å². The first-order chi connectivity index (χ1) is 6.79. The number of hydrogen-bond acceptors (Lipinski definition) is 3. The topological polar surface area (TPSA) is 66.7 Å². The first kappa shape index (κ1) is 11.6. The molecule has 1 aromatic heterocycles. The maximum atomic E-state index is 5.27. The number of benzene rings is 1. The molecule has 0 radical (unpaired) electrons. The quantitative estimate of drug-likeness (QED) is 0.541. The van der Waals surface area contributed by atoms with E-state index in [2.05, 4.69) is 15.4 Å². The van der Waals surface area contributed by atoms with Crippen molar-refractivity contribution in [3.63, 3.8) is 0 Å². The zero-order chi connectivity index (χ0) is 9.97. The van der Waals surface area contributed by atoms with Crippen molar-refractivity contribution in [2.75, 3.05) is 5.43 Å². The summed E-state index contributed by atoms with van der Waals surface area (Å²) in [5.74, 6) is 6.19. The third-order valence-electron chi connectivity index (χ3n) is 2.07. The van der Waals surface area contributed by atoms with Gasteiger partial charge in [0.2, 0.25) is 0 Å². The number of aromatic amines is 1. The Labute approximate surface area is 94.3 Å². The fraction of sp³-hybridized carbons (Fsp3) is 0.100. The van der Waals surface area contributed by atoms with E-state index in [4.69, 9.17) is 5.84 Å². The second-order valence-electron chi connectivity index (χ2n) is 3.10. The standard InChI is InChI=1S/C10H12N4.ClH/c1-7-12-6-10(13-7)8-2-4-9(14-11)5-3-8;/h2-6,14H,11H2,1H3,(H,12,13);1H. The van der Waals surface area contributed by atoms with E-state index in [0.717, 1.165) is 22.8 Å². The number of nitrogens with two attached hydrogens (primary N) is 1. The van der Waals surface area contributed by atoms with Gasteiger partial charge in [0.25, 0.3) is 0 Å². The minimum atomic E-state index is 0. The molecule has 0 saturated carbocycles. The predicted molar refractivity (Wildman–Crippen MR) is 63.8 cm³/mol. The van der Waals surface area contributed by atoms with Crippen LogP contribution in [0.5, 0.6) is 0 Å². The molecule has 0 aliphatic heterocycles. The molecule has 0 bridgehead atoms. The summed E-state index contributed by atoms with van der Waals surface area (Å²) in [6.07, 6.45) is 1.82. The van der Waals surface area contributed by atoms with E-state index in [1.807, 2.05) is 37.4 Å². The van der Waals surface area contributed by atoms with Crippen LogP contribution in [-0.2, 0) is 0 Å². The molecule has 5 heteroatoms. The summed E-state index contributed by atoms with van der Waals surface area (Å²) in [6.45, 7) is 1.93. The summed E-state index contributed by atoms with van der Waals surface area (Å²) in [6, 6.07) is 7.82. The SMILES string of the molecule is Cc1ncc(-c2ccc(NN)cc2)[nH]1.Cl. The number of nitrogen functional groups attached to an aromatic ring is 1. The number of aryl methyl sites for hydroxylation is 1. The van der Waals surface area contributed by atoms with Gasteiger partial charge in [0.05, 0.1) is 11.9 Å². The number of hydrazine groups is 1. The summed E-state index contributed by atoms with van der Waals surface area (Å²) in [4.78, 5) is 7.31. The minimum Gasteiger partial charge on any atom is -0.342 e. The first-order valence-corrected chi connectivity index (χ1v) is 4.38. The number of nitrogens with one attached hydrogen (secondary N) is 2. The largest absolute Gasteiger partial charge is 0.342 e. The van der Waals surface area contributed by atoms with E-state index in [9.17, 15) is 0 Å². The van der Waals surface area contributed by atoms with Gasteiger partial charge in [0.1, 0.15) is 5.82 Å². The molecule has 2 rings (SSSR count). The van der Waals surface area contributed by atoms with Crippen LogP contribution < -0.4 is 11.3 Å². The van der Waals surface area contributed by atoms with E-state index in [-0.39, 0.29) is 12.4 Å². The molecule has 4 N–H and O–H groups in total. The van der Waals surface area contributed by atoms with E-state index in [1.165, 1.54) is 0 Å². The van der Waals surface area contributed by atoms with E-state index >= 15 is 0 Å². The molecule has 0 atom stereocenters. The van der Waals surface area contributed by atoms with E-state index < -0.39 is 0 Å². The number of hydrogen-bond donors (Lipinski definition) is 3. The second-order valence-corrected chi connectivity index (χ2v) is 3.10. The molecule has 0 saturated heterocycles. The van der Waals surface area contributed by atoms with Crippen LogP contribution in [0.1, 0.15) is 5.82 Å². The van der Waals surface area contributed by atoms with Crippen LogP contribution in [0.3, 0.4) is 0 Å². The molecule has 1 aromatic carbocycles. The highest BCUT2D eigenvalue weighted by Gasteiger charge is 1.99. The molecular weight excluding hydrogens is 212 g/mol. The molecule has 0 spiro atoms. The monoisotopic (exact) mass is 224 g/mol. The zero-order valence-electron chi connectivity index (χ0n) is 8.32. The van der Waals surface area contributed by atoms with Gasteiger partial charge in [0.15, 0.2) is 0 Å². The Balaban J connectivity index is 0.00000112. The number of aromatic nitrogens is 2. The molecule has 4 nitrogen and oxygen atoms in total. The minimum absolute atomic E-state index is 0. The van der Waals surface area contributed by atoms with Gasteiger partial charge in [-0.15, -0.1) is 12.4 Å². The Morgan fingerprint density at radius 3 is 2.40 bits per heavy atom. The van der Waals surface area contributed by atoms with Crippen molar-refractivity contribution in [3.8, 4) is 11.3 Å². The molecule has 0 unspecified atom stereocenters. The van der Waals surface area contributed by atoms with Crippen LogP contribution in [0, 0.1) is 6.92 Å². The lowest BCUT2D eigenvalue weighted by molar-refractivity contribution is 1.15. The highest BCUT2D eigenvalue weighted by molar-refractivity contribution is 5.85. The van der Waals surface area contributed by atoms with Gasteiger partial charge < -0.3 is 10.4 Å². The summed E-state index contributed by atoms with van der Waals surface area (Å²) < 4.78 is 0. The Morgan fingerprint density at radius 1 is 1.27 bits per heavy atom. The van der Waals surface area contributed by atoms with Gasteiger partial charge in [-0.25, -0.2) is 4.98 Å². The van der Waals surface area contributed by atoms with Gasteiger partial charge >= 0.3 is 0 Å². The molecule has 0 aliphatic rings. The van der Waals surface area contributed by atoms with Crippen molar-refractivity contribution in [3.05, 3.63) is 36.3 Å². The molecular formula is C10H13ClN4. The Bertz CT molecular complexity index is 421. The highest BCUT2D eigenvalue weighted by atomic mass is 35.5. The van der Waals surface area contributed by atoms with Crippen molar-refractivity contribution in [1.82, 2.24) is 9.97 Å². The molecule has 0 amide bonds. The van der Waals surface area contributed by atoms with Gasteiger partial charge in [-0.1, -0.05) is 12.1 Å². The fourth-order valence-corrected chi connectivity index (χ4v) is 1.31. The molecule has 80 valence electrons. The molecule has 2 aromatic rings. The van der Waals surface area contributed by atoms with Crippen LogP contribution >= 0.6 is 12.4 Å². The number of H-pyrrole nitrogens is 1. The van der Waals surface area contributed by atoms with Gasteiger partial charge in [-0.05, 0) is 24.6 Å². The third-order valence-corrected chi connectivity index (χ3v) is 2.07. The Hall–Kier alpha value is -1.52. The van der Waals surface area contributed by atoms with Gasteiger partial charge in [0, 0.05) is 5.69 Å². The number of rotatable bonds is 2. The molecule has 0 aliphatic carbocycles. The van der Waals surface area contributed by atoms with Crippen LogP contribution in [0.15, 0.2) is 30.5 Å². The summed E-state index contributed by atoms with van der Waals surface area (Å²) in [5, 5.41) is 0. The average molecular weight is 225 g/mol. The van der Waals surface area contributed by atoms with Crippen LogP contribution in [0.2, 0.25) is 0 Å². The van der Waals surface area contributed by atoms with Crippen LogP contribution in [0.4, 0.5) is 5.69 Å². The lowest BCUT2D eigenvalue weighted by Crippen LogP contribution is -2.05. The fourth-order valence-electron chi connectivity index (χ4n) is 1.31. The highest BCUT2D eigenvalue weighted by Crippen LogP contribution is 2.18. The number of halogens is 1. The summed E-state index contributed by atoms with van der Waals surface area (Å²) in [7, 11) is 0. The summed E-state index contributed by atoms with van der Waals surface area (Å²) in [5.41, 5.74) is 5.60. The van der Waals surface area contributed by atoms with Gasteiger partial charge in [-0.3, -0.25) is 5.84 Å². The van der Waals surface area contributed by atoms with Crippen molar-refractivity contribution in [2.24, 2.45) is 5.84 Å². The molecule has 15 heavy (non-hydrogen) atoms. The van der Waals surface area contributed by atoms with Crippen molar-refractivity contribution in [2.45, 2.75) is 6.92 Å². The smallest absolute Gasteiger partial charge is 0.103 e. The molecule has 1 heterocycles. The Kier molecular flexibility index (Phi) is 3.71. The van der Waals surface area contributed by atoms with Crippen molar-refractivity contribution >= 4 is 18.1 Å². The first-order valence-electron chi connectivity index (χ1n) is 4.38. The number of nitrogens with zero attached hydrogens (tertiary/aromatic N) is 1. The average Bonchev–Trinajstić information content (AvgIpc) is 2.65. The van der Waals surface area contributed by atoms with Crippen molar-refractivity contribution in [1.29, 1.82) is 0 Å². The van der Waals surface area contributed by atoms with Crippen molar-refractivity contribution < 1.29 is 0 Å². The Morgan fingerprint density at radius 2 is 1.93 bits per heavy atom. The maximum Gasteiger partial charge on any atom is 0.103 e. The normalized spacial score (nSPS) is 9.47. The maximum absolute atomic E-state index is 5.27.